The number of carboxylic acids is 1. The third kappa shape index (κ3) is 3.87. The molecule has 1 atom stereocenters. The van der Waals surface area contributed by atoms with Gasteiger partial charge in [-0.1, -0.05) is 12.1 Å². The number of alkyl halides is 3. The summed E-state index contributed by atoms with van der Waals surface area (Å²) in [5.41, 5.74) is -0.377. The van der Waals surface area contributed by atoms with E-state index in [9.17, 15) is 22.8 Å². The third-order valence-electron chi connectivity index (χ3n) is 4.22. The van der Waals surface area contributed by atoms with Crippen LogP contribution in [0.4, 0.5) is 13.2 Å². The van der Waals surface area contributed by atoms with E-state index in [0.29, 0.717) is 24.4 Å². The highest BCUT2D eigenvalue weighted by Gasteiger charge is 2.31. The zero-order valence-electron chi connectivity index (χ0n) is 13.5. The molecule has 3 rings (SSSR count). The number of amides is 1. The first-order valence-corrected chi connectivity index (χ1v) is 8.79. The molecule has 0 unspecified atom stereocenters. The second-order valence-electron chi connectivity index (χ2n) is 6.05. The highest BCUT2D eigenvalue weighted by atomic mass is 32.1. The monoisotopic (exact) mass is 384 g/mol. The van der Waals surface area contributed by atoms with Gasteiger partial charge < -0.3 is 10.0 Å². The fourth-order valence-electron chi connectivity index (χ4n) is 2.86. The molecule has 1 aromatic carbocycles. The molecule has 0 bridgehead atoms. The molecule has 1 saturated heterocycles. The van der Waals surface area contributed by atoms with Crippen LogP contribution in [0.5, 0.6) is 0 Å². The van der Waals surface area contributed by atoms with E-state index in [1.165, 1.54) is 22.4 Å². The molecule has 2 aromatic rings. The van der Waals surface area contributed by atoms with Crippen molar-refractivity contribution in [2.24, 2.45) is 5.92 Å². The molecule has 1 amide bonds. The average molecular weight is 384 g/mol. The molecule has 0 radical (unpaired) electrons. The Morgan fingerprint density at radius 2 is 2.08 bits per heavy atom. The first-order valence-electron chi connectivity index (χ1n) is 7.91. The standard InChI is InChI=1S/C17H15F3N2O3S/c18-17(19,20)12-5-1-3-10(7-12)14-21-13(9-26-14)15(23)22-6-2-4-11(8-22)16(24)25/h1,3,5,7,9,11H,2,4,6,8H2,(H,24,25)/t11-/m1/s1. The number of carboxylic acid groups (broad SMARTS) is 1. The second-order valence-corrected chi connectivity index (χ2v) is 6.90. The summed E-state index contributed by atoms with van der Waals surface area (Å²) in [6.07, 6.45) is -3.34. The van der Waals surface area contributed by atoms with E-state index >= 15 is 0 Å². The van der Waals surface area contributed by atoms with Gasteiger partial charge in [0.2, 0.25) is 0 Å². The van der Waals surface area contributed by atoms with Crippen molar-refractivity contribution in [3.8, 4) is 10.6 Å². The van der Waals surface area contributed by atoms with Gasteiger partial charge in [0.15, 0.2) is 0 Å². The Morgan fingerprint density at radius 3 is 2.77 bits per heavy atom. The van der Waals surface area contributed by atoms with Crippen molar-refractivity contribution < 1.29 is 27.9 Å². The van der Waals surface area contributed by atoms with Gasteiger partial charge in [-0.05, 0) is 25.0 Å². The van der Waals surface area contributed by atoms with Crippen molar-refractivity contribution in [2.45, 2.75) is 19.0 Å². The van der Waals surface area contributed by atoms with E-state index in [1.54, 1.807) is 0 Å². The van der Waals surface area contributed by atoms with Crippen molar-refractivity contribution >= 4 is 23.2 Å². The van der Waals surface area contributed by atoms with Gasteiger partial charge in [-0.2, -0.15) is 13.2 Å². The molecule has 1 aliphatic rings. The summed E-state index contributed by atoms with van der Waals surface area (Å²) in [7, 11) is 0. The summed E-state index contributed by atoms with van der Waals surface area (Å²) in [4.78, 5) is 29.3. The van der Waals surface area contributed by atoms with Gasteiger partial charge in [-0.15, -0.1) is 11.3 Å². The lowest BCUT2D eigenvalue weighted by Gasteiger charge is -2.30. The summed E-state index contributed by atoms with van der Waals surface area (Å²) < 4.78 is 38.5. The first-order chi connectivity index (χ1) is 12.3. The van der Waals surface area contributed by atoms with Gasteiger partial charge in [0.1, 0.15) is 10.7 Å². The molecule has 2 heterocycles. The fraction of sp³-hybridized carbons (Fsp3) is 0.353. The highest BCUT2D eigenvalue weighted by Crippen LogP contribution is 2.33. The lowest BCUT2D eigenvalue weighted by molar-refractivity contribution is -0.143. The Hall–Kier alpha value is -2.42. The van der Waals surface area contributed by atoms with Gasteiger partial charge in [0.25, 0.3) is 5.91 Å². The van der Waals surface area contributed by atoms with Gasteiger partial charge >= 0.3 is 12.1 Å². The number of piperidine rings is 1. The van der Waals surface area contributed by atoms with Gasteiger partial charge in [0, 0.05) is 24.0 Å². The molecule has 0 spiro atoms. The smallest absolute Gasteiger partial charge is 0.416 e. The third-order valence-corrected chi connectivity index (χ3v) is 5.11. The maximum Gasteiger partial charge on any atom is 0.416 e. The molecule has 1 N–H and O–H groups in total. The number of benzene rings is 1. The molecule has 0 aliphatic carbocycles. The number of hydrogen-bond donors (Lipinski definition) is 1. The lowest BCUT2D eigenvalue weighted by atomic mass is 9.98. The van der Waals surface area contributed by atoms with Crippen LogP contribution in [0.2, 0.25) is 0 Å². The molecule has 138 valence electrons. The minimum Gasteiger partial charge on any atom is -0.481 e. The van der Waals surface area contributed by atoms with Crippen molar-refractivity contribution in [1.82, 2.24) is 9.88 Å². The minimum atomic E-state index is -4.45. The SMILES string of the molecule is O=C(O)[C@@H]1CCCN(C(=O)c2csc(-c3cccc(C(F)(F)F)c3)n2)C1. The van der Waals surface area contributed by atoms with Crippen LogP contribution in [0.1, 0.15) is 28.9 Å². The van der Waals surface area contributed by atoms with Crippen molar-refractivity contribution in [3.05, 3.63) is 40.9 Å². The number of nitrogens with zero attached hydrogens (tertiary/aromatic N) is 2. The Labute approximate surface area is 151 Å². The summed E-state index contributed by atoms with van der Waals surface area (Å²) in [5.74, 6) is -1.94. The van der Waals surface area contributed by atoms with Crippen molar-refractivity contribution in [2.75, 3.05) is 13.1 Å². The van der Waals surface area contributed by atoms with Crippen LogP contribution in [0.3, 0.4) is 0 Å². The van der Waals surface area contributed by atoms with Crippen LogP contribution < -0.4 is 0 Å². The molecule has 9 heteroatoms. The minimum absolute atomic E-state index is 0.116. The van der Waals surface area contributed by atoms with Crippen LogP contribution in [0, 0.1) is 5.92 Å². The number of hydrogen-bond acceptors (Lipinski definition) is 4. The van der Waals surface area contributed by atoms with E-state index < -0.39 is 29.5 Å². The lowest BCUT2D eigenvalue weighted by Crippen LogP contribution is -2.42. The van der Waals surface area contributed by atoms with Gasteiger partial charge in [0.05, 0.1) is 11.5 Å². The topological polar surface area (TPSA) is 70.5 Å². The number of rotatable bonds is 3. The van der Waals surface area contributed by atoms with Crippen LogP contribution in [0.25, 0.3) is 10.6 Å². The summed E-state index contributed by atoms with van der Waals surface area (Å²) in [6, 6.07) is 4.77. The normalized spacial score (nSPS) is 18.0. The molecule has 1 fully saturated rings. The number of carbonyl (C=O) groups is 2. The summed E-state index contributed by atoms with van der Waals surface area (Å²) >= 11 is 1.08. The largest absolute Gasteiger partial charge is 0.481 e. The number of carbonyl (C=O) groups excluding carboxylic acids is 1. The fourth-order valence-corrected chi connectivity index (χ4v) is 3.65. The van der Waals surface area contributed by atoms with E-state index in [1.807, 2.05) is 0 Å². The van der Waals surface area contributed by atoms with Crippen LogP contribution in [-0.4, -0.2) is 40.0 Å². The predicted molar refractivity (Wildman–Crippen MR) is 88.8 cm³/mol. The van der Waals surface area contributed by atoms with Crippen molar-refractivity contribution in [3.63, 3.8) is 0 Å². The summed E-state index contributed by atoms with van der Waals surface area (Å²) in [5, 5.41) is 10.9. The highest BCUT2D eigenvalue weighted by molar-refractivity contribution is 7.13. The summed E-state index contributed by atoms with van der Waals surface area (Å²) in [6.45, 7) is 0.559. The predicted octanol–water partition coefficient (Wildman–Crippen LogP) is 3.77. The number of halogens is 3. The molecular weight excluding hydrogens is 369 g/mol. The number of likely N-dealkylation sites (tertiary alicyclic amines) is 1. The molecule has 1 aliphatic heterocycles. The molecule has 26 heavy (non-hydrogen) atoms. The quantitative estimate of drug-likeness (QED) is 0.875. The van der Waals surface area contributed by atoms with E-state index in [-0.39, 0.29) is 17.8 Å². The number of aromatic nitrogens is 1. The zero-order valence-corrected chi connectivity index (χ0v) is 14.3. The second kappa shape index (κ2) is 7.06. The Balaban J connectivity index is 1.80. The van der Waals surface area contributed by atoms with Crippen LogP contribution in [0.15, 0.2) is 29.6 Å². The maximum atomic E-state index is 12.8. The number of thiazole rings is 1. The Bertz CT molecular complexity index is 835. The van der Waals surface area contributed by atoms with Crippen molar-refractivity contribution in [1.29, 1.82) is 0 Å². The Morgan fingerprint density at radius 1 is 1.31 bits per heavy atom. The van der Waals surface area contributed by atoms with Gasteiger partial charge in [-0.3, -0.25) is 9.59 Å². The van der Waals surface area contributed by atoms with Crippen LogP contribution in [-0.2, 0) is 11.0 Å². The molecular formula is C17H15F3N2O3S. The maximum absolute atomic E-state index is 12.8. The molecule has 1 aromatic heterocycles. The van der Waals surface area contributed by atoms with E-state index in [0.717, 1.165) is 23.5 Å². The average Bonchev–Trinajstić information content (AvgIpc) is 3.10. The van der Waals surface area contributed by atoms with Gasteiger partial charge in [-0.25, -0.2) is 4.98 Å². The zero-order chi connectivity index (χ0) is 18.9. The number of aliphatic carboxylic acids is 1. The van der Waals surface area contributed by atoms with E-state index in [2.05, 4.69) is 4.98 Å². The molecule has 0 saturated carbocycles. The molecule has 5 nitrogen and oxygen atoms in total. The Kier molecular flexibility index (Phi) is 4.99. The van der Waals surface area contributed by atoms with E-state index in [4.69, 9.17) is 5.11 Å². The van der Waals surface area contributed by atoms with Crippen LogP contribution >= 0.6 is 11.3 Å². The first kappa shape index (κ1) is 18.4.